The standard InChI is InChI=1S/C10H14O3Si/c1-14(2,3)13-9-6-4-5-8(7-9)10(11)12/h4-7H,1-3H3,(H,11,12). The summed E-state index contributed by atoms with van der Waals surface area (Å²) < 4.78 is 5.67. The molecule has 0 aliphatic rings. The van der Waals surface area contributed by atoms with Gasteiger partial charge in [0.25, 0.3) is 0 Å². The Bertz CT molecular complexity index is 341. The molecule has 76 valence electrons. The van der Waals surface area contributed by atoms with Crippen LogP contribution in [0.4, 0.5) is 0 Å². The number of carboxylic acids is 1. The molecule has 14 heavy (non-hydrogen) atoms. The van der Waals surface area contributed by atoms with E-state index < -0.39 is 14.3 Å². The van der Waals surface area contributed by atoms with Crippen molar-refractivity contribution in [3.8, 4) is 5.75 Å². The molecule has 0 atom stereocenters. The van der Waals surface area contributed by atoms with Gasteiger partial charge in [-0.1, -0.05) is 6.07 Å². The number of benzene rings is 1. The van der Waals surface area contributed by atoms with Crippen molar-refractivity contribution in [1.82, 2.24) is 0 Å². The molecule has 0 heterocycles. The van der Waals surface area contributed by atoms with Crippen LogP contribution in [0, 0.1) is 0 Å². The minimum atomic E-state index is -1.65. The number of carboxylic acid groups (broad SMARTS) is 1. The molecule has 0 bridgehead atoms. The van der Waals surface area contributed by atoms with Crippen molar-refractivity contribution in [1.29, 1.82) is 0 Å². The first-order chi connectivity index (χ1) is 6.38. The van der Waals surface area contributed by atoms with E-state index in [1.54, 1.807) is 24.3 Å². The van der Waals surface area contributed by atoms with Crippen molar-refractivity contribution in [2.75, 3.05) is 0 Å². The van der Waals surface area contributed by atoms with Gasteiger partial charge in [0.1, 0.15) is 5.75 Å². The van der Waals surface area contributed by atoms with Crippen LogP contribution in [0.3, 0.4) is 0 Å². The van der Waals surface area contributed by atoms with Crippen molar-refractivity contribution < 1.29 is 14.3 Å². The zero-order valence-corrected chi connectivity index (χ0v) is 9.57. The summed E-state index contributed by atoms with van der Waals surface area (Å²) in [6.45, 7) is 6.17. The smallest absolute Gasteiger partial charge is 0.335 e. The number of hydrogen-bond donors (Lipinski definition) is 1. The van der Waals surface area contributed by atoms with E-state index in [1.165, 1.54) is 0 Å². The zero-order chi connectivity index (χ0) is 10.8. The van der Waals surface area contributed by atoms with Crippen molar-refractivity contribution >= 4 is 14.3 Å². The Morgan fingerprint density at radius 3 is 2.50 bits per heavy atom. The van der Waals surface area contributed by atoms with E-state index >= 15 is 0 Å². The third-order valence-corrected chi connectivity index (χ3v) is 2.35. The predicted octanol–water partition coefficient (Wildman–Crippen LogP) is 2.60. The molecule has 1 aromatic rings. The van der Waals surface area contributed by atoms with Gasteiger partial charge >= 0.3 is 5.97 Å². The summed E-state index contributed by atoms with van der Waals surface area (Å²) in [7, 11) is -1.65. The average Bonchev–Trinajstić information content (AvgIpc) is 2.01. The van der Waals surface area contributed by atoms with Crippen molar-refractivity contribution in [3.05, 3.63) is 29.8 Å². The Balaban J connectivity index is 2.89. The maximum absolute atomic E-state index is 10.7. The molecule has 4 heteroatoms. The molecule has 0 spiro atoms. The number of carbonyl (C=O) groups is 1. The summed E-state index contributed by atoms with van der Waals surface area (Å²) in [6.07, 6.45) is 0. The number of rotatable bonds is 3. The first-order valence-electron chi connectivity index (χ1n) is 4.41. The molecule has 1 aromatic carbocycles. The lowest BCUT2D eigenvalue weighted by atomic mass is 10.2. The monoisotopic (exact) mass is 210 g/mol. The quantitative estimate of drug-likeness (QED) is 0.780. The van der Waals surface area contributed by atoms with Crippen LogP contribution in [0.15, 0.2) is 24.3 Å². The van der Waals surface area contributed by atoms with Crippen LogP contribution in [0.5, 0.6) is 5.75 Å². The van der Waals surface area contributed by atoms with E-state index in [2.05, 4.69) is 19.6 Å². The molecule has 0 unspecified atom stereocenters. The highest BCUT2D eigenvalue weighted by atomic mass is 28.4. The summed E-state index contributed by atoms with van der Waals surface area (Å²) >= 11 is 0. The van der Waals surface area contributed by atoms with E-state index in [9.17, 15) is 4.79 Å². The lowest BCUT2D eigenvalue weighted by molar-refractivity contribution is 0.0696. The second kappa shape index (κ2) is 3.83. The SMILES string of the molecule is C[Si](C)(C)Oc1cccc(C(=O)O)c1. The molecule has 0 amide bonds. The number of aromatic carboxylic acids is 1. The fourth-order valence-corrected chi connectivity index (χ4v) is 1.88. The van der Waals surface area contributed by atoms with Gasteiger partial charge in [-0.15, -0.1) is 0 Å². The van der Waals surface area contributed by atoms with Crippen LogP contribution < -0.4 is 4.43 Å². The zero-order valence-electron chi connectivity index (χ0n) is 8.57. The van der Waals surface area contributed by atoms with Crippen LogP contribution in [0.25, 0.3) is 0 Å². The van der Waals surface area contributed by atoms with Gasteiger partial charge in [-0.25, -0.2) is 4.79 Å². The Kier molecular flexibility index (Phi) is 2.95. The van der Waals surface area contributed by atoms with Crippen LogP contribution in [0.2, 0.25) is 19.6 Å². The molecular formula is C10H14O3Si. The molecule has 0 radical (unpaired) electrons. The summed E-state index contributed by atoms with van der Waals surface area (Å²) in [6, 6.07) is 6.59. The maximum atomic E-state index is 10.7. The molecule has 0 saturated carbocycles. The molecule has 0 aliphatic heterocycles. The third kappa shape index (κ3) is 3.22. The van der Waals surface area contributed by atoms with Gasteiger partial charge in [-0.05, 0) is 37.8 Å². The van der Waals surface area contributed by atoms with E-state index in [4.69, 9.17) is 9.53 Å². The van der Waals surface area contributed by atoms with E-state index in [0.717, 1.165) is 0 Å². The van der Waals surface area contributed by atoms with Gasteiger partial charge < -0.3 is 9.53 Å². The van der Waals surface area contributed by atoms with Crippen LogP contribution in [-0.4, -0.2) is 19.4 Å². The largest absolute Gasteiger partial charge is 0.544 e. The summed E-state index contributed by atoms with van der Waals surface area (Å²) in [4.78, 5) is 10.7. The molecule has 0 aromatic heterocycles. The van der Waals surface area contributed by atoms with Crippen molar-refractivity contribution in [2.24, 2.45) is 0 Å². The normalized spacial score (nSPS) is 11.1. The molecule has 0 fully saturated rings. The van der Waals surface area contributed by atoms with Gasteiger partial charge in [0.15, 0.2) is 0 Å². The van der Waals surface area contributed by atoms with E-state index in [0.29, 0.717) is 5.75 Å². The predicted molar refractivity (Wildman–Crippen MR) is 57.4 cm³/mol. The number of hydrogen-bond acceptors (Lipinski definition) is 2. The highest BCUT2D eigenvalue weighted by Crippen LogP contribution is 2.17. The second-order valence-electron chi connectivity index (χ2n) is 4.05. The third-order valence-electron chi connectivity index (χ3n) is 1.51. The van der Waals surface area contributed by atoms with E-state index in [-0.39, 0.29) is 5.56 Å². The Hall–Kier alpha value is -1.29. The first kappa shape index (κ1) is 10.8. The lowest BCUT2D eigenvalue weighted by Crippen LogP contribution is -2.29. The average molecular weight is 210 g/mol. The van der Waals surface area contributed by atoms with Gasteiger partial charge in [0.2, 0.25) is 8.32 Å². The maximum Gasteiger partial charge on any atom is 0.335 e. The Morgan fingerprint density at radius 1 is 1.36 bits per heavy atom. The highest BCUT2D eigenvalue weighted by molar-refractivity contribution is 6.70. The van der Waals surface area contributed by atoms with Gasteiger partial charge in [0.05, 0.1) is 5.56 Å². The molecule has 3 nitrogen and oxygen atoms in total. The fraction of sp³-hybridized carbons (Fsp3) is 0.300. The molecule has 0 aliphatic carbocycles. The lowest BCUT2D eigenvalue weighted by Gasteiger charge is -2.19. The Labute approximate surface area is 84.5 Å². The molecule has 0 saturated heterocycles. The second-order valence-corrected chi connectivity index (χ2v) is 8.48. The van der Waals surface area contributed by atoms with Crippen molar-refractivity contribution in [2.45, 2.75) is 19.6 Å². The van der Waals surface area contributed by atoms with E-state index in [1.807, 2.05) is 0 Å². The summed E-state index contributed by atoms with van der Waals surface area (Å²) in [5, 5.41) is 8.76. The molecule has 1 rings (SSSR count). The summed E-state index contributed by atoms with van der Waals surface area (Å²) in [5.41, 5.74) is 0.265. The topological polar surface area (TPSA) is 46.5 Å². The van der Waals surface area contributed by atoms with Gasteiger partial charge in [-0.3, -0.25) is 0 Å². The molecule has 1 N–H and O–H groups in total. The minimum Gasteiger partial charge on any atom is -0.544 e. The highest BCUT2D eigenvalue weighted by Gasteiger charge is 2.16. The fourth-order valence-electron chi connectivity index (χ4n) is 1.05. The first-order valence-corrected chi connectivity index (χ1v) is 7.82. The van der Waals surface area contributed by atoms with Crippen LogP contribution >= 0.6 is 0 Å². The van der Waals surface area contributed by atoms with Crippen LogP contribution in [0.1, 0.15) is 10.4 Å². The van der Waals surface area contributed by atoms with Gasteiger partial charge in [-0.2, -0.15) is 0 Å². The van der Waals surface area contributed by atoms with Crippen LogP contribution in [-0.2, 0) is 0 Å². The molecular weight excluding hydrogens is 196 g/mol. The Morgan fingerprint density at radius 2 is 2.00 bits per heavy atom. The van der Waals surface area contributed by atoms with Crippen molar-refractivity contribution in [3.63, 3.8) is 0 Å². The minimum absolute atomic E-state index is 0.265. The summed E-state index contributed by atoms with van der Waals surface area (Å²) in [5.74, 6) is -0.282. The van der Waals surface area contributed by atoms with Gasteiger partial charge in [0, 0.05) is 0 Å².